The van der Waals surface area contributed by atoms with Gasteiger partial charge in [0.15, 0.2) is 0 Å². The van der Waals surface area contributed by atoms with Crippen LogP contribution in [0.25, 0.3) is 11.0 Å². The van der Waals surface area contributed by atoms with E-state index in [0.717, 1.165) is 13.7 Å². The van der Waals surface area contributed by atoms with E-state index < -0.39 is 27.0 Å². The summed E-state index contributed by atoms with van der Waals surface area (Å²) in [6.45, 7) is -0.0194. The number of thiophene rings is 1. The second-order valence-corrected chi connectivity index (χ2v) is 9.57. The van der Waals surface area contributed by atoms with Gasteiger partial charge in [0.25, 0.3) is 0 Å². The molecule has 29 heavy (non-hydrogen) atoms. The Morgan fingerprint density at radius 2 is 1.76 bits per heavy atom. The lowest BCUT2D eigenvalue weighted by molar-refractivity contribution is -0.121. The van der Waals surface area contributed by atoms with Crippen molar-refractivity contribution in [3.8, 4) is 0 Å². The van der Waals surface area contributed by atoms with Crippen molar-refractivity contribution in [3.05, 3.63) is 61.3 Å². The van der Waals surface area contributed by atoms with Crippen LogP contribution >= 0.6 is 11.3 Å². The van der Waals surface area contributed by atoms with Gasteiger partial charge in [0, 0.05) is 26.0 Å². The van der Waals surface area contributed by atoms with Gasteiger partial charge in [0.05, 0.1) is 29.0 Å². The number of amides is 1. The number of nitrogens with one attached hydrogen (secondary N) is 1. The SMILES string of the molecule is CN(CC(=O)NCc1cccs1)S(=O)(=O)c1ccc2c(c1)n(C)c(=O)c(=O)n2C. The molecule has 0 atom stereocenters. The highest BCUT2D eigenvalue weighted by molar-refractivity contribution is 7.89. The van der Waals surface area contributed by atoms with Crippen LogP contribution in [-0.2, 0) is 35.5 Å². The van der Waals surface area contributed by atoms with E-state index in [1.807, 2.05) is 17.5 Å². The zero-order valence-electron chi connectivity index (χ0n) is 16.1. The van der Waals surface area contributed by atoms with Gasteiger partial charge in [0.1, 0.15) is 0 Å². The van der Waals surface area contributed by atoms with Gasteiger partial charge < -0.3 is 14.5 Å². The molecule has 2 heterocycles. The second-order valence-electron chi connectivity index (χ2n) is 6.50. The number of fused-ring (bicyclic) bond motifs is 1. The molecule has 3 rings (SSSR count). The molecule has 1 amide bonds. The third kappa shape index (κ3) is 4.02. The quantitative estimate of drug-likeness (QED) is 0.557. The molecule has 9 nitrogen and oxygen atoms in total. The minimum absolute atomic E-state index is 0.0767. The largest absolute Gasteiger partial charge is 0.350 e. The number of nitrogens with zero attached hydrogens (tertiary/aromatic N) is 3. The van der Waals surface area contributed by atoms with Crippen LogP contribution in [0.15, 0.2) is 50.2 Å². The number of benzene rings is 1. The van der Waals surface area contributed by atoms with Gasteiger partial charge in [0.2, 0.25) is 15.9 Å². The number of rotatable bonds is 6. The van der Waals surface area contributed by atoms with Crippen LogP contribution < -0.4 is 16.4 Å². The van der Waals surface area contributed by atoms with E-state index in [2.05, 4.69) is 5.32 Å². The van der Waals surface area contributed by atoms with Crippen LogP contribution in [0.1, 0.15) is 4.88 Å². The number of hydrogen-bond donors (Lipinski definition) is 1. The fourth-order valence-corrected chi connectivity index (χ4v) is 4.64. The molecule has 0 aliphatic carbocycles. The average Bonchev–Trinajstić information content (AvgIpc) is 3.22. The summed E-state index contributed by atoms with van der Waals surface area (Å²) in [5.74, 6) is -0.430. The van der Waals surface area contributed by atoms with E-state index in [-0.39, 0.29) is 11.4 Å². The third-order valence-electron chi connectivity index (χ3n) is 4.58. The predicted molar refractivity (Wildman–Crippen MR) is 110 cm³/mol. The van der Waals surface area contributed by atoms with Crippen molar-refractivity contribution in [2.45, 2.75) is 11.4 Å². The first-order valence-electron chi connectivity index (χ1n) is 8.58. The summed E-state index contributed by atoms with van der Waals surface area (Å²) in [5, 5.41) is 4.57. The van der Waals surface area contributed by atoms with Crippen molar-refractivity contribution in [2.75, 3.05) is 13.6 Å². The Hall–Kier alpha value is -2.76. The molecule has 3 aromatic rings. The van der Waals surface area contributed by atoms with E-state index in [1.54, 1.807) is 0 Å². The Morgan fingerprint density at radius 3 is 2.38 bits per heavy atom. The lowest BCUT2D eigenvalue weighted by Crippen LogP contribution is -2.39. The number of aromatic nitrogens is 2. The van der Waals surface area contributed by atoms with Crippen LogP contribution in [0, 0.1) is 0 Å². The molecule has 0 aliphatic rings. The van der Waals surface area contributed by atoms with Crippen molar-refractivity contribution in [3.63, 3.8) is 0 Å². The summed E-state index contributed by atoms with van der Waals surface area (Å²) in [5.41, 5.74) is -0.730. The zero-order valence-corrected chi connectivity index (χ0v) is 17.7. The van der Waals surface area contributed by atoms with Gasteiger partial charge in [-0.1, -0.05) is 6.07 Å². The molecule has 0 saturated carbocycles. The highest BCUT2D eigenvalue weighted by Crippen LogP contribution is 2.19. The molecule has 154 valence electrons. The predicted octanol–water partition coefficient (Wildman–Crippen LogP) is 0.236. The standard InChI is InChI=1S/C18H20N4O5S2/c1-20(11-16(23)19-10-12-5-4-8-28-12)29(26,27)13-6-7-14-15(9-13)22(3)18(25)17(24)21(14)2/h4-9H,10-11H2,1-3H3,(H,19,23). The van der Waals surface area contributed by atoms with E-state index >= 15 is 0 Å². The monoisotopic (exact) mass is 436 g/mol. The molecule has 0 unspecified atom stereocenters. The van der Waals surface area contributed by atoms with Gasteiger partial charge in [-0.05, 0) is 29.6 Å². The summed E-state index contributed by atoms with van der Waals surface area (Å²) in [6, 6.07) is 7.88. The maximum atomic E-state index is 12.9. The Labute approximate surface area is 170 Å². The first-order chi connectivity index (χ1) is 13.6. The van der Waals surface area contributed by atoms with Crippen molar-refractivity contribution < 1.29 is 13.2 Å². The van der Waals surface area contributed by atoms with Crippen molar-refractivity contribution in [2.24, 2.45) is 14.1 Å². The summed E-state index contributed by atoms with van der Waals surface area (Å²) in [6.07, 6.45) is 0. The number of sulfonamides is 1. The topological polar surface area (TPSA) is 110 Å². The number of likely N-dealkylation sites (N-methyl/N-ethyl adjacent to an activating group) is 1. The molecule has 0 bridgehead atoms. The normalized spacial score (nSPS) is 11.9. The van der Waals surface area contributed by atoms with Gasteiger partial charge >= 0.3 is 11.1 Å². The third-order valence-corrected chi connectivity index (χ3v) is 7.25. The highest BCUT2D eigenvalue weighted by atomic mass is 32.2. The summed E-state index contributed by atoms with van der Waals surface area (Å²) in [7, 11) is 0.187. The van der Waals surface area contributed by atoms with Gasteiger partial charge in [-0.3, -0.25) is 14.4 Å². The minimum atomic E-state index is -3.98. The maximum Gasteiger partial charge on any atom is 0.316 e. The molecule has 1 aromatic carbocycles. The molecular formula is C18H20N4O5S2. The molecule has 0 spiro atoms. The second kappa shape index (κ2) is 7.93. The molecule has 0 saturated heterocycles. The minimum Gasteiger partial charge on any atom is -0.350 e. The van der Waals surface area contributed by atoms with Gasteiger partial charge in [-0.15, -0.1) is 11.3 Å². The van der Waals surface area contributed by atoms with Crippen LogP contribution in [0.5, 0.6) is 0 Å². The smallest absolute Gasteiger partial charge is 0.316 e. The Bertz CT molecular complexity index is 1290. The van der Waals surface area contributed by atoms with E-state index in [9.17, 15) is 22.8 Å². The molecule has 0 fully saturated rings. The summed E-state index contributed by atoms with van der Waals surface area (Å²) >= 11 is 1.49. The molecule has 11 heteroatoms. The highest BCUT2D eigenvalue weighted by Gasteiger charge is 2.24. The van der Waals surface area contributed by atoms with Gasteiger partial charge in [-0.2, -0.15) is 4.31 Å². The zero-order chi connectivity index (χ0) is 21.3. The Morgan fingerprint density at radius 1 is 1.10 bits per heavy atom. The fraction of sp³-hybridized carbons (Fsp3) is 0.278. The Balaban J connectivity index is 1.86. The lowest BCUT2D eigenvalue weighted by atomic mass is 10.3. The number of aryl methyl sites for hydroxylation is 2. The molecule has 1 N–H and O–H groups in total. The van der Waals surface area contributed by atoms with E-state index in [0.29, 0.717) is 17.6 Å². The van der Waals surface area contributed by atoms with Crippen LogP contribution in [0.3, 0.4) is 0 Å². The summed E-state index contributed by atoms with van der Waals surface area (Å²) in [4.78, 5) is 37.0. The van der Waals surface area contributed by atoms with Crippen molar-refractivity contribution >= 4 is 38.3 Å². The Kier molecular flexibility index (Phi) is 5.73. The fourth-order valence-electron chi connectivity index (χ4n) is 2.84. The lowest BCUT2D eigenvalue weighted by Gasteiger charge is -2.18. The number of carbonyl (C=O) groups is 1. The first kappa shape index (κ1) is 21.0. The molecule has 2 aromatic heterocycles. The van der Waals surface area contributed by atoms with Gasteiger partial charge in [-0.25, -0.2) is 8.42 Å². The van der Waals surface area contributed by atoms with Crippen LogP contribution in [0.2, 0.25) is 0 Å². The van der Waals surface area contributed by atoms with Crippen molar-refractivity contribution in [1.29, 1.82) is 0 Å². The van der Waals surface area contributed by atoms with Crippen molar-refractivity contribution in [1.82, 2.24) is 18.8 Å². The maximum absolute atomic E-state index is 12.9. The summed E-state index contributed by atoms with van der Waals surface area (Å²) < 4.78 is 29.0. The van der Waals surface area contributed by atoms with Crippen LogP contribution in [-0.4, -0.2) is 41.4 Å². The van der Waals surface area contributed by atoms with E-state index in [1.165, 1.54) is 55.2 Å². The number of carbonyl (C=O) groups excluding carboxylic acids is 1. The average molecular weight is 437 g/mol. The molecule has 0 radical (unpaired) electrons. The van der Waals surface area contributed by atoms with E-state index in [4.69, 9.17) is 0 Å². The van der Waals surface area contributed by atoms with Crippen LogP contribution in [0.4, 0.5) is 0 Å². The molecule has 0 aliphatic heterocycles. The first-order valence-corrected chi connectivity index (χ1v) is 10.9. The number of hydrogen-bond acceptors (Lipinski definition) is 6. The molecular weight excluding hydrogens is 416 g/mol.